The zero-order valence-electron chi connectivity index (χ0n) is 30.8. The lowest BCUT2D eigenvalue weighted by Gasteiger charge is -2.27. The molecule has 57 heavy (non-hydrogen) atoms. The van der Waals surface area contributed by atoms with Crippen LogP contribution in [0.15, 0.2) is 205 Å². The van der Waals surface area contributed by atoms with Crippen LogP contribution in [0.4, 0.5) is 17.1 Å². The maximum atomic E-state index is 6.71. The zero-order chi connectivity index (χ0) is 37.5. The quantitative estimate of drug-likeness (QED) is 0.163. The van der Waals surface area contributed by atoms with Crippen LogP contribution >= 0.6 is 11.3 Å². The Balaban J connectivity index is 1.05. The molecule has 2 nitrogen and oxygen atoms in total. The van der Waals surface area contributed by atoms with E-state index in [1.165, 1.54) is 69.4 Å². The average Bonchev–Trinajstić information content (AvgIpc) is 3.86. The van der Waals surface area contributed by atoms with E-state index in [0.29, 0.717) is 0 Å². The fourth-order valence-electron chi connectivity index (χ4n) is 8.97. The standard InChI is InChI=1S/C54H33NOS/c1-3-14-42-35(10-1)22-23-39-32-37(27-30-43(39)42)34-24-28-40(29-25-34)55(48-18-9-19-49-53(48)47-31-26-36-11-2-4-15-45(36)54(47)56-49)41-13-7-12-38(33-41)44-17-8-21-51-52(44)46-16-5-6-20-50(46)57-51/h1-33H. The van der Waals surface area contributed by atoms with Crippen LogP contribution in [0, 0.1) is 0 Å². The highest BCUT2D eigenvalue weighted by Crippen LogP contribution is 2.46. The molecule has 0 atom stereocenters. The van der Waals surface area contributed by atoms with Crippen LogP contribution in [-0.4, -0.2) is 0 Å². The summed E-state index contributed by atoms with van der Waals surface area (Å²) in [5.74, 6) is 0. The molecule has 0 radical (unpaired) electrons. The van der Waals surface area contributed by atoms with Gasteiger partial charge in [-0.15, -0.1) is 11.3 Å². The van der Waals surface area contributed by atoms with Gasteiger partial charge in [0.05, 0.1) is 11.1 Å². The molecule has 12 rings (SSSR count). The SMILES string of the molecule is c1cc(-c2cccc3sc4ccccc4c23)cc(N(c2ccc(-c3ccc4c(ccc5ccccc54)c3)cc2)c2cccc3oc4c5ccccc5ccc4c23)c1. The lowest BCUT2D eigenvalue weighted by atomic mass is 9.97. The second-order valence-corrected chi connectivity index (χ2v) is 15.9. The highest BCUT2D eigenvalue weighted by Gasteiger charge is 2.21. The summed E-state index contributed by atoms with van der Waals surface area (Å²) in [4.78, 5) is 2.40. The molecular formula is C54H33NOS. The van der Waals surface area contributed by atoms with Gasteiger partial charge in [0.25, 0.3) is 0 Å². The Kier molecular flexibility index (Phi) is 7.13. The van der Waals surface area contributed by atoms with Crippen molar-refractivity contribution in [3.63, 3.8) is 0 Å². The second-order valence-electron chi connectivity index (χ2n) is 14.8. The summed E-state index contributed by atoms with van der Waals surface area (Å²) in [7, 11) is 0. The minimum absolute atomic E-state index is 0.870. The van der Waals surface area contributed by atoms with Crippen LogP contribution < -0.4 is 4.90 Å². The van der Waals surface area contributed by atoms with Gasteiger partial charge in [0.15, 0.2) is 0 Å². The molecule has 0 fully saturated rings. The van der Waals surface area contributed by atoms with E-state index >= 15 is 0 Å². The number of benzene rings is 10. The molecule has 2 aromatic heterocycles. The Morgan fingerprint density at radius 1 is 0.368 bits per heavy atom. The first-order valence-corrected chi connectivity index (χ1v) is 20.2. The summed E-state index contributed by atoms with van der Waals surface area (Å²) < 4.78 is 9.32. The molecule has 3 heteroatoms. The van der Waals surface area contributed by atoms with Crippen LogP contribution in [0.5, 0.6) is 0 Å². The number of nitrogens with zero attached hydrogens (tertiary/aromatic N) is 1. The molecule has 0 bridgehead atoms. The van der Waals surface area contributed by atoms with Gasteiger partial charge in [-0.1, -0.05) is 140 Å². The van der Waals surface area contributed by atoms with Crippen LogP contribution in [0.1, 0.15) is 0 Å². The van der Waals surface area contributed by atoms with Crippen molar-refractivity contribution >= 4 is 103 Å². The van der Waals surface area contributed by atoms with E-state index in [4.69, 9.17) is 4.42 Å². The zero-order valence-corrected chi connectivity index (χ0v) is 31.6. The molecular weight excluding hydrogens is 711 g/mol. The molecule has 0 saturated heterocycles. The van der Waals surface area contributed by atoms with E-state index in [9.17, 15) is 0 Å². The molecule has 12 aromatic rings. The number of anilines is 3. The Morgan fingerprint density at radius 3 is 1.93 bits per heavy atom. The number of rotatable bonds is 5. The maximum Gasteiger partial charge on any atom is 0.143 e. The predicted octanol–water partition coefficient (Wildman–Crippen LogP) is 16.2. The first-order valence-electron chi connectivity index (χ1n) is 19.4. The van der Waals surface area contributed by atoms with Gasteiger partial charge in [-0.25, -0.2) is 0 Å². The van der Waals surface area contributed by atoms with Crippen LogP contribution in [0.25, 0.3) is 96.7 Å². The van der Waals surface area contributed by atoms with E-state index < -0.39 is 0 Å². The fraction of sp³-hybridized carbons (Fsp3) is 0. The monoisotopic (exact) mass is 743 g/mol. The largest absolute Gasteiger partial charge is 0.455 e. The van der Waals surface area contributed by atoms with Crippen molar-refractivity contribution in [3.8, 4) is 22.3 Å². The van der Waals surface area contributed by atoms with Crippen LogP contribution in [0.2, 0.25) is 0 Å². The summed E-state index contributed by atoms with van der Waals surface area (Å²) in [6.07, 6.45) is 0. The third-order valence-electron chi connectivity index (χ3n) is 11.6. The summed E-state index contributed by atoms with van der Waals surface area (Å²) in [6.45, 7) is 0. The number of hydrogen-bond donors (Lipinski definition) is 0. The Morgan fingerprint density at radius 2 is 1.04 bits per heavy atom. The molecule has 10 aromatic carbocycles. The van der Waals surface area contributed by atoms with Crippen LogP contribution in [-0.2, 0) is 0 Å². The highest BCUT2D eigenvalue weighted by atomic mass is 32.1. The molecule has 0 amide bonds. The molecule has 0 N–H and O–H groups in total. The predicted molar refractivity (Wildman–Crippen MR) is 245 cm³/mol. The van der Waals surface area contributed by atoms with E-state index in [1.807, 2.05) is 11.3 Å². The van der Waals surface area contributed by atoms with Crippen molar-refractivity contribution in [2.24, 2.45) is 0 Å². The minimum Gasteiger partial charge on any atom is -0.455 e. The van der Waals surface area contributed by atoms with Crippen molar-refractivity contribution in [3.05, 3.63) is 200 Å². The summed E-state index contributed by atoms with van der Waals surface area (Å²) in [5.41, 5.74) is 9.81. The lowest BCUT2D eigenvalue weighted by molar-refractivity contribution is 0.672. The molecule has 0 aliphatic heterocycles. The topological polar surface area (TPSA) is 16.4 Å². The van der Waals surface area contributed by atoms with E-state index in [0.717, 1.165) is 44.4 Å². The first kappa shape index (κ1) is 32.1. The minimum atomic E-state index is 0.870. The fourth-order valence-corrected chi connectivity index (χ4v) is 10.1. The maximum absolute atomic E-state index is 6.71. The van der Waals surface area contributed by atoms with Crippen molar-refractivity contribution in [1.29, 1.82) is 0 Å². The van der Waals surface area contributed by atoms with Crippen molar-refractivity contribution in [2.75, 3.05) is 4.90 Å². The second kappa shape index (κ2) is 12.7. The number of thiophene rings is 1. The molecule has 2 heterocycles. The molecule has 0 aliphatic carbocycles. The van der Waals surface area contributed by atoms with Gasteiger partial charge in [-0.3, -0.25) is 0 Å². The highest BCUT2D eigenvalue weighted by molar-refractivity contribution is 7.25. The number of furan rings is 1. The Bertz CT molecular complexity index is 3540. The summed E-state index contributed by atoms with van der Waals surface area (Å²) in [6, 6.07) is 72.8. The third-order valence-corrected chi connectivity index (χ3v) is 12.8. The molecule has 0 spiro atoms. The number of fused-ring (bicyclic) bond motifs is 11. The van der Waals surface area contributed by atoms with Gasteiger partial charge >= 0.3 is 0 Å². The number of hydrogen-bond acceptors (Lipinski definition) is 3. The van der Waals surface area contributed by atoms with Crippen molar-refractivity contribution < 1.29 is 4.42 Å². The van der Waals surface area contributed by atoms with E-state index in [1.54, 1.807) is 0 Å². The summed E-state index contributed by atoms with van der Waals surface area (Å²) in [5, 5.41) is 12.2. The van der Waals surface area contributed by atoms with Gasteiger partial charge < -0.3 is 9.32 Å². The van der Waals surface area contributed by atoms with E-state index in [-0.39, 0.29) is 0 Å². The molecule has 0 unspecified atom stereocenters. The Hall–Kier alpha value is -7.20. The van der Waals surface area contributed by atoms with Gasteiger partial charge in [-0.05, 0) is 110 Å². The molecule has 0 saturated carbocycles. The van der Waals surface area contributed by atoms with Gasteiger partial charge in [-0.2, -0.15) is 0 Å². The van der Waals surface area contributed by atoms with Gasteiger partial charge in [0.2, 0.25) is 0 Å². The molecule has 0 aliphatic rings. The van der Waals surface area contributed by atoms with Gasteiger partial charge in [0.1, 0.15) is 11.2 Å². The van der Waals surface area contributed by atoms with Gasteiger partial charge in [0, 0.05) is 42.3 Å². The Labute approximate surface area is 333 Å². The normalized spacial score (nSPS) is 11.9. The van der Waals surface area contributed by atoms with E-state index in [2.05, 4.69) is 205 Å². The molecule has 266 valence electrons. The van der Waals surface area contributed by atoms with Crippen molar-refractivity contribution in [1.82, 2.24) is 0 Å². The van der Waals surface area contributed by atoms with Crippen LogP contribution in [0.3, 0.4) is 0 Å². The third kappa shape index (κ3) is 5.10. The first-order chi connectivity index (χ1) is 28.2. The van der Waals surface area contributed by atoms with Crippen molar-refractivity contribution in [2.45, 2.75) is 0 Å². The average molecular weight is 744 g/mol. The smallest absolute Gasteiger partial charge is 0.143 e. The lowest BCUT2D eigenvalue weighted by Crippen LogP contribution is -2.10. The summed E-state index contributed by atoms with van der Waals surface area (Å²) >= 11 is 1.86.